The molecular weight excluding hydrogens is 332 g/mol. The van der Waals surface area contributed by atoms with Gasteiger partial charge in [0.1, 0.15) is 11.5 Å². The largest absolute Gasteiger partial charge is 0.457 e. The minimum atomic E-state index is 0.284. The zero-order valence-corrected chi connectivity index (χ0v) is 16.5. The van der Waals surface area contributed by atoms with Gasteiger partial charge in [-0.25, -0.2) is 0 Å². The highest BCUT2D eigenvalue weighted by Crippen LogP contribution is 2.60. The molecule has 0 heterocycles. The smallest absolute Gasteiger partial charge is 0.179 e. The van der Waals surface area contributed by atoms with Gasteiger partial charge in [-0.05, 0) is 60.4 Å². The molecule has 0 radical (unpaired) electrons. The Morgan fingerprint density at radius 1 is 1.11 bits per heavy atom. The number of rotatable bonds is 8. The van der Waals surface area contributed by atoms with Crippen LogP contribution in [-0.4, -0.2) is 11.4 Å². The molecule has 1 aliphatic carbocycles. The van der Waals surface area contributed by atoms with Gasteiger partial charge in [-0.2, -0.15) is 5.26 Å². The molecule has 3 nitrogen and oxygen atoms in total. The van der Waals surface area contributed by atoms with Gasteiger partial charge in [0.05, 0.1) is 6.54 Å². The van der Waals surface area contributed by atoms with Gasteiger partial charge in [0.25, 0.3) is 0 Å². The molecule has 0 N–H and O–H groups in total. The van der Waals surface area contributed by atoms with E-state index in [-0.39, 0.29) is 5.41 Å². The average molecular weight is 361 g/mol. The Balaban J connectivity index is 1.63. The molecule has 0 aliphatic heterocycles. The van der Waals surface area contributed by atoms with Crippen molar-refractivity contribution in [2.45, 2.75) is 33.7 Å². The lowest BCUT2D eigenvalue weighted by atomic mass is 10.0. The molecule has 3 heteroatoms. The second kappa shape index (κ2) is 7.88. The van der Waals surface area contributed by atoms with E-state index in [1.165, 1.54) is 5.57 Å². The van der Waals surface area contributed by atoms with Crippen LogP contribution in [0.15, 0.2) is 66.7 Å². The number of hydrogen-bond donors (Lipinski definition) is 0. The maximum atomic E-state index is 9.63. The molecule has 140 valence electrons. The fraction of sp³-hybridized carbons (Fsp3) is 0.375. The zero-order chi connectivity index (χ0) is 19.4. The van der Waals surface area contributed by atoms with Crippen LogP contribution in [0.3, 0.4) is 0 Å². The van der Waals surface area contributed by atoms with E-state index in [9.17, 15) is 5.26 Å². The van der Waals surface area contributed by atoms with E-state index < -0.39 is 0 Å². The summed E-state index contributed by atoms with van der Waals surface area (Å²) in [6, 6.07) is 17.7. The van der Waals surface area contributed by atoms with Crippen LogP contribution in [0.1, 0.15) is 32.8 Å². The van der Waals surface area contributed by atoms with Crippen LogP contribution in [-0.2, 0) is 6.54 Å². The first-order valence-corrected chi connectivity index (χ1v) is 9.51. The normalized spacial score (nSPS) is 19.8. The molecule has 0 amide bonds. The number of para-hydroxylation sites is 1. The van der Waals surface area contributed by atoms with E-state index >= 15 is 0 Å². The van der Waals surface area contributed by atoms with Crippen LogP contribution in [0.25, 0.3) is 0 Å². The molecule has 2 aromatic rings. The van der Waals surface area contributed by atoms with Crippen molar-refractivity contribution in [2.75, 3.05) is 6.54 Å². The molecule has 1 fully saturated rings. The van der Waals surface area contributed by atoms with Gasteiger partial charge in [-0.15, -0.1) is 6.58 Å². The Labute approximate surface area is 162 Å². The Morgan fingerprint density at radius 2 is 1.81 bits per heavy atom. The summed E-state index contributed by atoms with van der Waals surface area (Å²) in [6.45, 7) is 12.1. The molecule has 0 spiro atoms. The maximum Gasteiger partial charge on any atom is 0.179 e. The van der Waals surface area contributed by atoms with Crippen LogP contribution >= 0.6 is 0 Å². The number of nitrogens with zero attached hydrogens (tertiary/aromatic N) is 2. The van der Waals surface area contributed by atoms with Gasteiger partial charge in [-0.1, -0.05) is 49.8 Å². The molecule has 3 rings (SSSR count). The first-order chi connectivity index (χ1) is 12.9. The second-order valence-corrected chi connectivity index (χ2v) is 8.24. The molecule has 0 unspecified atom stereocenters. The van der Waals surface area contributed by atoms with E-state index in [1.54, 1.807) is 0 Å². The van der Waals surface area contributed by atoms with Gasteiger partial charge >= 0.3 is 0 Å². The number of benzene rings is 2. The van der Waals surface area contributed by atoms with Gasteiger partial charge in [-0.3, -0.25) is 0 Å². The molecular formula is C24H28N2O. The summed E-state index contributed by atoms with van der Waals surface area (Å²) in [5, 5.41) is 9.63. The van der Waals surface area contributed by atoms with Crippen molar-refractivity contribution in [3.63, 3.8) is 0 Å². The van der Waals surface area contributed by atoms with Gasteiger partial charge < -0.3 is 9.64 Å². The van der Waals surface area contributed by atoms with Crippen LogP contribution in [0.2, 0.25) is 0 Å². The molecule has 0 saturated heterocycles. The SMILES string of the molecule is C=C(C)C[C@H]1[C@@H](CN(C#N)Cc2cccc(Oc3ccccc3)c2)C1(C)C. The summed E-state index contributed by atoms with van der Waals surface area (Å²) in [6.07, 6.45) is 3.43. The lowest BCUT2D eigenvalue weighted by Crippen LogP contribution is -2.21. The Bertz CT molecular complexity index is 835. The van der Waals surface area contributed by atoms with Crippen molar-refractivity contribution in [1.29, 1.82) is 5.26 Å². The number of hydrogen-bond acceptors (Lipinski definition) is 3. The van der Waals surface area contributed by atoms with E-state index in [2.05, 4.69) is 33.5 Å². The number of ether oxygens (including phenoxy) is 1. The van der Waals surface area contributed by atoms with Crippen molar-refractivity contribution in [2.24, 2.45) is 17.3 Å². The van der Waals surface area contributed by atoms with Gasteiger partial charge in [0.2, 0.25) is 0 Å². The monoisotopic (exact) mass is 360 g/mol. The Hall–Kier alpha value is -2.73. The van der Waals surface area contributed by atoms with Crippen molar-refractivity contribution in [1.82, 2.24) is 4.90 Å². The molecule has 2 aromatic carbocycles. The fourth-order valence-corrected chi connectivity index (χ4v) is 3.93. The summed E-state index contributed by atoms with van der Waals surface area (Å²) in [5.74, 6) is 2.77. The summed E-state index contributed by atoms with van der Waals surface area (Å²) in [5.41, 5.74) is 2.59. The lowest BCUT2D eigenvalue weighted by Gasteiger charge is -2.17. The molecule has 0 bridgehead atoms. The Morgan fingerprint density at radius 3 is 2.48 bits per heavy atom. The van der Waals surface area contributed by atoms with Gasteiger partial charge in [0, 0.05) is 6.54 Å². The van der Waals surface area contributed by atoms with Crippen molar-refractivity contribution in [3.8, 4) is 17.7 Å². The van der Waals surface area contributed by atoms with Crippen LogP contribution in [0.5, 0.6) is 11.5 Å². The van der Waals surface area contributed by atoms with Crippen LogP contribution < -0.4 is 4.74 Å². The number of nitriles is 1. The summed E-state index contributed by atoms with van der Waals surface area (Å²) < 4.78 is 5.91. The standard InChI is InChI=1S/C24H28N2O/c1-18(2)13-22-23(24(22,3)4)16-26(17-25)15-19-9-8-12-21(14-19)27-20-10-6-5-7-11-20/h5-12,14,22-23H,1,13,15-16H2,2-4H3/t22-,23+/m0/s1. The van der Waals surface area contributed by atoms with E-state index in [1.807, 2.05) is 59.5 Å². The predicted octanol–water partition coefficient (Wildman–Crippen LogP) is 6.00. The molecule has 27 heavy (non-hydrogen) atoms. The minimum absolute atomic E-state index is 0.284. The van der Waals surface area contributed by atoms with Crippen molar-refractivity contribution >= 4 is 0 Å². The van der Waals surface area contributed by atoms with Crippen LogP contribution in [0, 0.1) is 28.7 Å². The first-order valence-electron chi connectivity index (χ1n) is 9.51. The highest BCUT2D eigenvalue weighted by atomic mass is 16.5. The highest BCUT2D eigenvalue weighted by molar-refractivity contribution is 5.34. The highest BCUT2D eigenvalue weighted by Gasteiger charge is 2.57. The fourth-order valence-electron chi connectivity index (χ4n) is 3.93. The van der Waals surface area contributed by atoms with E-state index in [0.717, 1.165) is 30.0 Å². The molecule has 1 saturated carbocycles. The zero-order valence-electron chi connectivity index (χ0n) is 16.5. The summed E-state index contributed by atoms with van der Waals surface area (Å²) in [7, 11) is 0. The quantitative estimate of drug-likeness (QED) is 0.329. The third kappa shape index (κ3) is 4.71. The third-order valence-corrected chi connectivity index (χ3v) is 5.67. The van der Waals surface area contributed by atoms with Gasteiger partial charge in [0.15, 0.2) is 6.19 Å². The molecule has 2 atom stereocenters. The second-order valence-electron chi connectivity index (χ2n) is 8.24. The maximum absolute atomic E-state index is 9.63. The predicted molar refractivity (Wildman–Crippen MR) is 109 cm³/mol. The lowest BCUT2D eigenvalue weighted by molar-refractivity contribution is 0.341. The number of allylic oxidation sites excluding steroid dienone is 1. The van der Waals surface area contributed by atoms with E-state index in [4.69, 9.17) is 4.74 Å². The van der Waals surface area contributed by atoms with Crippen LogP contribution in [0.4, 0.5) is 0 Å². The Kier molecular flexibility index (Phi) is 5.56. The first kappa shape index (κ1) is 19.0. The molecule has 0 aromatic heterocycles. The third-order valence-electron chi connectivity index (χ3n) is 5.67. The van der Waals surface area contributed by atoms with Crippen molar-refractivity contribution < 1.29 is 4.74 Å². The van der Waals surface area contributed by atoms with E-state index in [0.29, 0.717) is 18.4 Å². The summed E-state index contributed by atoms with van der Waals surface area (Å²) >= 11 is 0. The summed E-state index contributed by atoms with van der Waals surface area (Å²) in [4.78, 5) is 1.87. The average Bonchev–Trinajstić information content (AvgIpc) is 3.13. The topological polar surface area (TPSA) is 36.3 Å². The van der Waals surface area contributed by atoms with Crippen molar-refractivity contribution in [3.05, 3.63) is 72.3 Å². The molecule has 1 aliphatic rings. The minimum Gasteiger partial charge on any atom is -0.457 e.